The first-order valence-electron chi connectivity index (χ1n) is 8.19. The number of rotatable bonds is 6. The van der Waals surface area contributed by atoms with Crippen LogP contribution in [-0.4, -0.2) is 27.1 Å². The maximum absolute atomic E-state index is 12.3. The number of benzene rings is 2. The number of carbonyl (C=O) groups excluding carboxylic acids is 1. The van der Waals surface area contributed by atoms with Crippen LogP contribution in [-0.2, 0) is 14.8 Å². The Bertz CT molecular complexity index is 906. The van der Waals surface area contributed by atoms with Crippen molar-refractivity contribution >= 4 is 38.9 Å². The predicted octanol–water partition coefficient (Wildman–Crippen LogP) is 4.06. The molecule has 2 aromatic rings. The van der Waals surface area contributed by atoms with Gasteiger partial charge in [-0.2, -0.15) is 0 Å². The van der Waals surface area contributed by atoms with E-state index in [1.807, 2.05) is 39.0 Å². The monoisotopic (exact) mass is 394 g/mol. The summed E-state index contributed by atoms with van der Waals surface area (Å²) in [6.07, 6.45) is 1.20. The third-order valence-electron chi connectivity index (χ3n) is 4.09. The highest BCUT2D eigenvalue weighted by atomic mass is 35.5. The van der Waals surface area contributed by atoms with Crippen molar-refractivity contribution in [2.24, 2.45) is 0 Å². The second-order valence-corrected chi connectivity index (χ2v) is 8.68. The minimum absolute atomic E-state index is 0.0446. The Labute approximate surface area is 160 Å². The van der Waals surface area contributed by atoms with Crippen LogP contribution < -0.4 is 9.62 Å². The Morgan fingerprint density at radius 1 is 1.08 bits per heavy atom. The topological polar surface area (TPSA) is 66.5 Å². The first-order chi connectivity index (χ1) is 12.1. The summed E-state index contributed by atoms with van der Waals surface area (Å²) in [7, 11) is -3.51. The van der Waals surface area contributed by atoms with Gasteiger partial charge in [-0.1, -0.05) is 29.8 Å². The van der Waals surface area contributed by atoms with Gasteiger partial charge in [-0.25, -0.2) is 8.42 Å². The molecule has 0 fully saturated rings. The van der Waals surface area contributed by atoms with Crippen molar-refractivity contribution in [1.82, 2.24) is 0 Å². The molecular weight excluding hydrogens is 372 g/mol. The maximum Gasteiger partial charge on any atom is 0.232 e. The Kier molecular flexibility index (Phi) is 6.31. The molecule has 2 rings (SSSR count). The van der Waals surface area contributed by atoms with E-state index in [9.17, 15) is 13.2 Å². The zero-order chi connectivity index (χ0) is 19.5. The molecule has 0 saturated heterocycles. The van der Waals surface area contributed by atoms with Crippen molar-refractivity contribution in [3.05, 3.63) is 58.1 Å². The highest BCUT2D eigenvalue weighted by molar-refractivity contribution is 7.92. The van der Waals surface area contributed by atoms with Gasteiger partial charge in [-0.15, -0.1) is 0 Å². The zero-order valence-corrected chi connectivity index (χ0v) is 16.9. The van der Waals surface area contributed by atoms with Gasteiger partial charge in [0, 0.05) is 23.7 Å². The normalized spacial score (nSPS) is 11.3. The van der Waals surface area contributed by atoms with E-state index in [-0.39, 0.29) is 18.9 Å². The minimum atomic E-state index is -3.51. The van der Waals surface area contributed by atoms with Gasteiger partial charge in [0.1, 0.15) is 0 Å². The number of hydrogen-bond donors (Lipinski definition) is 1. The smallest absolute Gasteiger partial charge is 0.232 e. The number of halogens is 1. The first-order valence-corrected chi connectivity index (χ1v) is 10.4. The molecule has 2 aromatic carbocycles. The van der Waals surface area contributed by atoms with E-state index >= 15 is 0 Å². The number of sulfonamides is 1. The van der Waals surface area contributed by atoms with E-state index < -0.39 is 10.0 Å². The molecule has 0 saturated carbocycles. The van der Waals surface area contributed by atoms with Crippen LogP contribution >= 0.6 is 11.6 Å². The van der Waals surface area contributed by atoms with Crippen LogP contribution in [0.1, 0.15) is 23.1 Å². The van der Waals surface area contributed by atoms with Crippen LogP contribution in [0.25, 0.3) is 0 Å². The number of para-hydroxylation sites is 1. The number of nitrogens with zero attached hydrogens (tertiary/aromatic N) is 1. The summed E-state index contributed by atoms with van der Waals surface area (Å²) < 4.78 is 25.9. The average molecular weight is 395 g/mol. The van der Waals surface area contributed by atoms with Gasteiger partial charge in [0.25, 0.3) is 0 Å². The molecule has 1 amide bonds. The van der Waals surface area contributed by atoms with Crippen LogP contribution in [0.3, 0.4) is 0 Å². The van der Waals surface area contributed by atoms with Gasteiger partial charge in [-0.05, 0) is 55.7 Å². The molecule has 0 aliphatic heterocycles. The van der Waals surface area contributed by atoms with Crippen LogP contribution in [0, 0.1) is 20.8 Å². The molecule has 0 bridgehead atoms. The van der Waals surface area contributed by atoms with Crippen LogP contribution in [0.4, 0.5) is 11.4 Å². The summed E-state index contributed by atoms with van der Waals surface area (Å²) >= 11 is 5.92. The van der Waals surface area contributed by atoms with Crippen LogP contribution in [0.15, 0.2) is 36.4 Å². The third-order valence-corrected chi connectivity index (χ3v) is 5.49. The summed E-state index contributed by atoms with van der Waals surface area (Å²) in [6.45, 7) is 5.64. The van der Waals surface area contributed by atoms with Gasteiger partial charge in [-0.3, -0.25) is 9.10 Å². The average Bonchev–Trinajstić information content (AvgIpc) is 2.51. The van der Waals surface area contributed by atoms with Gasteiger partial charge < -0.3 is 5.32 Å². The SMILES string of the molecule is Cc1cc(Cl)ccc1NC(=O)CCN(c1c(C)cccc1C)S(C)(=O)=O. The Hall–Kier alpha value is -2.05. The maximum atomic E-state index is 12.3. The van der Waals surface area contributed by atoms with Crippen molar-refractivity contribution in [3.8, 4) is 0 Å². The number of amides is 1. The van der Waals surface area contributed by atoms with Crippen molar-refractivity contribution < 1.29 is 13.2 Å². The fourth-order valence-electron chi connectivity index (χ4n) is 2.83. The van der Waals surface area contributed by atoms with Gasteiger partial charge in [0.2, 0.25) is 15.9 Å². The van der Waals surface area contributed by atoms with E-state index in [1.54, 1.807) is 18.2 Å². The molecule has 140 valence electrons. The molecule has 7 heteroatoms. The van der Waals surface area contributed by atoms with Gasteiger partial charge in [0.05, 0.1) is 11.9 Å². The molecule has 0 radical (unpaired) electrons. The molecule has 0 heterocycles. The van der Waals surface area contributed by atoms with Gasteiger partial charge >= 0.3 is 0 Å². The predicted molar refractivity (Wildman–Crippen MR) is 108 cm³/mol. The third kappa shape index (κ3) is 4.99. The number of aryl methyl sites for hydroxylation is 3. The summed E-state index contributed by atoms with van der Waals surface area (Å²) in [4.78, 5) is 12.3. The standard InChI is InChI=1S/C19H23ClN2O3S/c1-13-6-5-7-14(2)19(13)22(26(4,24)25)11-10-18(23)21-17-9-8-16(20)12-15(17)3/h5-9,12H,10-11H2,1-4H3,(H,21,23). The quantitative estimate of drug-likeness (QED) is 0.803. The molecular formula is C19H23ClN2O3S. The van der Waals surface area contributed by atoms with Crippen molar-refractivity contribution in [1.29, 1.82) is 0 Å². The highest BCUT2D eigenvalue weighted by Crippen LogP contribution is 2.27. The lowest BCUT2D eigenvalue weighted by atomic mass is 10.1. The van der Waals surface area contributed by atoms with Crippen molar-refractivity contribution in [3.63, 3.8) is 0 Å². The molecule has 0 unspecified atom stereocenters. The molecule has 1 N–H and O–H groups in total. The number of anilines is 2. The van der Waals surface area contributed by atoms with Crippen molar-refractivity contribution in [2.75, 3.05) is 22.4 Å². The summed E-state index contributed by atoms with van der Waals surface area (Å²) in [5.74, 6) is -0.254. The van der Waals surface area contributed by atoms with E-state index in [4.69, 9.17) is 11.6 Å². The number of carbonyl (C=O) groups is 1. The second-order valence-electron chi connectivity index (χ2n) is 6.33. The fraction of sp³-hybridized carbons (Fsp3) is 0.316. The lowest BCUT2D eigenvalue weighted by molar-refractivity contribution is -0.116. The number of nitrogens with one attached hydrogen (secondary N) is 1. The van der Waals surface area contributed by atoms with E-state index in [0.717, 1.165) is 22.9 Å². The van der Waals surface area contributed by atoms with Crippen LogP contribution in [0.2, 0.25) is 5.02 Å². The highest BCUT2D eigenvalue weighted by Gasteiger charge is 2.22. The Morgan fingerprint density at radius 2 is 1.69 bits per heavy atom. The van der Waals surface area contributed by atoms with E-state index in [0.29, 0.717) is 16.4 Å². The molecule has 26 heavy (non-hydrogen) atoms. The number of hydrogen-bond acceptors (Lipinski definition) is 3. The van der Waals surface area contributed by atoms with Gasteiger partial charge in [0.15, 0.2) is 0 Å². The first kappa shape index (κ1) is 20.3. The molecule has 5 nitrogen and oxygen atoms in total. The second kappa shape index (κ2) is 8.10. The molecule has 0 spiro atoms. The summed E-state index contributed by atoms with van der Waals surface area (Å²) in [5, 5.41) is 3.40. The molecule has 0 aromatic heterocycles. The lowest BCUT2D eigenvalue weighted by Gasteiger charge is -2.25. The Morgan fingerprint density at radius 3 is 2.23 bits per heavy atom. The van der Waals surface area contributed by atoms with E-state index in [1.165, 1.54) is 4.31 Å². The minimum Gasteiger partial charge on any atom is -0.326 e. The van der Waals surface area contributed by atoms with Crippen LogP contribution in [0.5, 0.6) is 0 Å². The lowest BCUT2D eigenvalue weighted by Crippen LogP contribution is -2.34. The zero-order valence-electron chi connectivity index (χ0n) is 15.3. The molecule has 0 aliphatic carbocycles. The summed E-state index contributed by atoms with van der Waals surface area (Å²) in [6, 6.07) is 10.8. The van der Waals surface area contributed by atoms with Crippen molar-refractivity contribution in [2.45, 2.75) is 27.2 Å². The Balaban J connectivity index is 2.16. The molecule has 0 aliphatic rings. The fourth-order valence-corrected chi connectivity index (χ4v) is 4.09. The van der Waals surface area contributed by atoms with E-state index in [2.05, 4.69) is 5.32 Å². The largest absolute Gasteiger partial charge is 0.326 e. The summed E-state index contributed by atoms with van der Waals surface area (Å²) in [5.41, 5.74) is 3.84. The molecule has 0 atom stereocenters.